The average molecular weight is 425 g/mol. The predicted octanol–water partition coefficient (Wildman–Crippen LogP) is 3.47. The Balaban J connectivity index is 1.78. The fraction of sp³-hybridized carbons (Fsp3) is 0.400. The summed E-state index contributed by atoms with van der Waals surface area (Å²) in [7, 11) is 3.24. The van der Waals surface area contributed by atoms with Crippen LogP contribution >= 0.6 is 0 Å². The molecule has 1 heterocycles. The van der Waals surface area contributed by atoms with Crippen molar-refractivity contribution in [2.75, 3.05) is 47.1 Å². The number of morpholine rings is 1. The van der Waals surface area contributed by atoms with Crippen LogP contribution in [0.3, 0.4) is 0 Å². The number of methoxy groups -OCH3 is 2. The Labute approximate surface area is 185 Å². The Morgan fingerprint density at radius 1 is 1.13 bits per heavy atom. The second kappa shape index (κ2) is 11.5. The normalized spacial score (nSPS) is 15.6. The third-order valence-electron chi connectivity index (χ3n) is 5.48. The number of hydrogen-bond donors (Lipinski definition) is 0. The molecule has 1 unspecified atom stereocenters. The van der Waals surface area contributed by atoms with Crippen LogP contribution in [0, 0.1) is 0 Å². The van der Waals surface area contributed by atoms with Crippen LogP contribution in [0.15, 0.2) is 54.6 Å². The monoisotopic (exact) mass is 424 g/mol. The maximum Gasteiger partial charge on any atom is 0.247 e. The lowest BCUT2D eigenvalue weighted by Crippen LogP contribution is -2.47. The third kappa shape index (κ3) is 6.57. The Morgan fingerprint density at radius 2 is 1.87 bits per heavy atom. The molecule has 0 spiro atoms. The first-order chi connectivity index (χ1) is 15.1. The zero-order chi connectivity index (χ0) is 22.1. The van der Waals surface area contributed by atoms with Crippen LogP contribution < -0.4 is 9.47 Å². The molecule has 0 aliphatic carbocycles. The minimum Gasteiger partial charge on any atom is -0.497 e. The first-order valence-electron chi connectivity index (χ1n) is 10.7. The first kappa shape index (κ1) is 22.8. The van der Waals surface area contributed by atoms with Crippen LogP contribution in [0.1, 0.15) is 18.1 Å². The van der Waals surface area contributed by atoms with E-state index in [0.29, 0.717) is 12.3 Å². The highest BCUT2D eigenvalue weighted by Gasteiger charge is 2.22. The molecule has 166 valence electrons. The molecule has 31 heavy (non-hydrogen) atoms. The molecule has 1 amide bonds. The van der Waals surface area contributed by atoms with Crippen molar-refractivity contribution in [1.29, 1.82) is 0 Å². The Hall–Kier alpha value is -2.83. The van der Waals surface area contributed by atoms with Crippen molar-refractivity contribution < 1.29 is 19.0 Å². The molecular formula is C25H32N2O4. The second-order valence-electron chi connectivity index (χ2n) is 7.65. The van der Waals surface area contributed by atoms with Gasteiger partial charge in [0, 0.05) is 43.9 Å². The zero-order valence-corrected chi connectivity index (χ0v) is 18.6. The van der Waals surface area contributed by atoms with Crippen molar-refractivity contribution in [3.8, 4) is 11.5 Å². The van der Waals surface area contributed by atoms with Gasteiger partial charge in [0.05, 0.1) is 27.4 Å². The molecule has 2 aromatic rings. The van der Waals surface area contributed by atoms with Gasteiger partial charge in [-0.05, 0) is 36.8 Å². The molecule has 1 fully saturated rings. The number of hydrogen-bond acceptors (Lipinski definition) is 5. The highest BCUT2D eigenvalue weighted by molar-refractivity contribution is 5.92. The van der Waals surface area contributed by atoms with E-state index in [1.54, 1.807) is 26.4 Å². The molecule has 0 saturated carbocycles. The van der Waals surface area contributed by atoms with Crippen molar-refractivity contribution in [3.05, 3.63) is 65.7 Å². The van der Waals surface area contributed by atoms with Gasteiger partial charge in [-0.25, -0.2) is 0 Å². The summed E-state index contributed by atoms with van der Waals surface area (Å²) in [4.78, 5) is 17.6. The zero-order valence-electron chi connectivity index (χ0n) is 18.6. The maximum atomic E-state index is 13.3. The lowest BCUT2D eigenvalue weighted by Gasteiger charge is -2.34. The van der Waals surface area contributed by atoms with Gasteiger partial charge in [0.15, 0.2) is 0 Å². The molecule has 0 bridgehead atoms. The fourth-order valence-electron chi connectivity index (χ4n) is 3.71. The van der Waals surface area contributed by atoms with Gasteiger partial charge in [-0.2, -0.15) is 0 Å². The summed E-state index contributed by atoms with van der Waals surface area (Å²) in [5, 5.41) is 0. The number of amides is 1. The summed E-state index contributed by atoms with van der Waals surface area (Å²) >= 11 is 0. The van der Waals surface area contributed by atoms with E-state index >= 15 is 0 Å². The number of carbonyl (C=O) groups excluding carboxylic acids is 1. The van der Waals surface area contributed by atoms with Crippen LogP contribution in [-0.2, 0) is 16.1 Å². The molecule has 1 aliphatic rings. The summed E-state index contributed by atoms with van der Waals surface area (Å²) in [6.45, 7) is 6.77. The summed E-state index contributed by atoms with van der Waals surface area (Å²) in [6, 6.07) is 15.7. The first-order valence-corrected chi connectivity index (χ1v) is 10.7. The minimum atomic E-state index is -0.0329. The van der Waals surface area contributed by atoms with Gasteiger partial charge < -0.3 is 19.1 Å². The summed E-state index contributed by atoms with van der Waals surface area (Å²) in [5.41, 5.74) is 1.91. The molecule has 2 aromatic carbocycles. The lowest BCUT2D eigenvalue weighted by molar-refractivity contribution is -0.129. The molecule has 1 saturated heterocycles. The Kier molecular flexibility index (Phi) is 8.50. The topological polar surface area (TPSA) is 51.2 Å². The van der Waals surface area contributed by atoms with Crippen molar-refractivity contribution in [2.24, 2.45) is 0 Å². The van der Waals surface area contributed by atoms with Crippen LogP contribution in [0.25, 0.3) is 6.08 Å². The van der Waals surface area contributed by atoms with Crippen molar-refractivity contribution in [3.63, 3.8) is 0 Å². The number of nitrogens with zero attached hydrogens (tertiary/aromatic N) is 2. The largest absolute Gasteiger partial charge is 0.497 e. The van der Waals surface area contributed by atoms with E-state index < -0.39 is 0 Å². The number of carbonyl (C=O) groups is 1. The van der Waals surface area contributed by atoms with E-state index in [2.05, 4.69) is 24.0 Å². The predicted molar refractivity (Wildman–Crippen MR) is 122 cm³/mol. The van der Waals surface area contributed by atoms with E-state index in [1.807, 2.05) is 41.3 Å². The molecule has 0 aromatic heterocycles. The lowest BCUT2D eigenvalue weighted by atomic mass is 10.1. The molecular weight excluding hydrogens is 392 g/mol. The van der Waals surface area contributed by atoms with Gasteiger partial charge in [0.2, 0.25) is 5.91 Å². The van der Waals surface area contributed by atoms with Crippen LogP contribution in [0.4, 0.5) is 0 Å². The number of ether oxygens (including phenoxy) is 3. The van der Waals surface area contributed by atoms with E-state index in [9.17, 15) is 4.79 Å². The molecule has 6 nitrogen and oxygen atoms in total. The van der Waals surface area contributed by atoms with Crippen molar-refractivity contribution >= 4 is 12.0 Å². The van der Waals surface area contributed by atoms with Gasteiger partial charge in [0.25, 0.3) is 0 Å². The molecule has 0 radical (unpaired) electrons. The summed E-state index contributed by atoms with van der Waals surface area (Å²) in [5.74, 6) is 1.38. The Bertz CT molecular complexity index is 863. The molecule has 0 N–H and O–H groups in total. The smallest absolute Gasteiger partial charge is 0.247 e. The number of rotatable bonds is 9. The fourth-order valence-corrected chi connectivity index (χ4v) is 3.71. The molecule has 1 aliphatic heterocycles. The minimum absolute atomic E-state index is 0.0329. The third-order valence-corrected chi connectivity index (χ3v) is 5.48. The van der Waals surface area contributed by atoms with E-state index in [-0.39, 0.29) is 11.9 Å². The highest BCUT2D eigenvalue weighted by Crippen LogP contribution is 2.25. The van der Waals surface area contributed by atoms with E-state index in [0.717, 1.165) is 49.7 Å². The second-order valence-corrected chi connectivity index (χ2v) is 7.65. The standard InChI is InChI=1S/C25H32N2O4/c1-20(18-26-13-15-31-16-14-26)27(19-21-7-5-4-6-8-21)25(28)12-9-22-17-23(29-2)10-11-24(22)30-3/h4-12,17,20H,13-16,18-19H2,1-3H3/b12-9+. The van der Waals surface area contributed by atoms with Gasteiger partial charge >= 0.3 is 0 Å². The highest BCUT2D eigenvalue weighted by atomic mass is 16.5. The van der Waals surface area contributed by atoms with Gasteiger partial charge in [0.1, 0.15) is 11.5 Å². The van der Waals surface area contributed by atoms with E-state index in [1.165, 1.54) is 0 Å². The molecule has 3 rings (SSSR count). The number of benzene rings is 2. The van der Waals surface area contributed by atoms with Crippen molar-refractivity contribution in [1.82, 2.24) is 9.80 Å². The maximum absolute atomic E-state index is 13.3. The Morgan fingerprint density at radius 3 is 2.55 bits per heavy atom. The summed E-state index contributed by atoms with van der Waals surface area (Å²) < 4.78 is 16.2. The van der Waals surface area contributed by atoms with Crippen LogP contribution in [0.2, 0.25) is 0 Å². The van der Waals surface area contributed by atoms with Crippen LogP contribution in [-0.4, -0.2) is 68.8 Å². The quantitative estimate of drug-likeness (QED) is 0.577. The molecule has 6 heteroatoms. The average Bonchev–Trinajstić information content (AvgIpc) is 2.82. The van der Waals surface area contributed by atoms with Crippen molar-refractivity contribution in [2.45, 2.75) is 19.5 Å². The van der Waals surface area contributed by atoms with E-state index in [4.69, 9.17) is 14.2 Å². The van der Waals surface area contributed by atoms with Gasteiger partial charge in [-0.15, -0.1) is 0 Å². The molecule has 1 atom stereocenters. The SMILES string of the molecule is COc1ccc(OC)c(/C=C/C(=O)N(Cc2ccccc2)C(C)CN2CCOCC2)c1. The van der Waals surface area contributed by atoms with Crippen LogP contribution in [0.5, 0.6) is 11.5 Å². The van der Waals surface area contributed by atoms with Gasteiger partial charge in [-0.1, -0.05) is 30.3 Å². The van der Waals surface area contributed by atoms with Gasteiger partial charge in [-0.3, -0.25) is 9.69 Å². The summed E-state index contributed by atoms with van der Waals surface area (Å²) in [6.07, 6.45) is 3.42.